The lowest BCUT2D eigenvalue weighted by atomic mass is 9.94. The van der Waals surface area contributed by atoms with Gasteiger partial charge in [0.2, 0.25) is 0 Å². The molecular formula is C21H20N2O2S. The predicted molar refractivity (Wildman–Crippen MR) is 105 cm³/mol. The van der Waals surface area contributed by atoms with Crippen molar-refractivity contribution in [2.75, 3.05) is 11.5 Å². The summed E-state index contributed by atoms with van der Waals surface area (Å²) in [4.78, 5) is 20.8. The highest BCUT2D eigenvalue weighted by Crippen LogP contribution is 2.50. The van der Waals surface area contributed by atoms with Crippen LogP contribution in [0.25, 0.3) is 0 Å². The van der Waals surface area contributed by atoms with Crippen LogP contribution in [0.15, 0.2) is 69.7 Å². The largest absolute Gasteiger partial charge is 0.463 e. The number of thioether (sulfide) groups is 1. The van der Waals surface area contributed by atoms with E-state index in [1.807, 2.05) is 32.0 Å². The number of esters is 1. The van der Waals surface area contributed by atoms with Crippen molar-refractivity contribution in [1.29, 1.82) is 0 Å². The Bertz CT molecular complexity index is 934. The summed E-state index contributed by atoms with van der Waals surface area (Å²) in [6, 6.07) is 16.2. The van der Waals surface area contributed by atoms with Crippen LogP contribution in [-0.4, -0.2) is 17.7 Å². The van der Waals surface area contributed by atoms with E-state index < -0.39 is 0 Å². The van der Waals surface area contributed by atoms with E-state index >= 15 is 0 Å². The van der Waals surface area contributed by atoms with E-state index in [2.05, 4.69) is 42.2 Å². The average molecular weight is 364 g/mol. The van der Waals surface area contributed by atoms with Crippen molar-refractivity contribution in [2.45, 2.75) is 31.7 Å². The molecule has 0 N–H and O–H groups in total. The molecule has 0 fully saturated rings. The van der Waals surface area contributed by atoms with E-state index in [9.17, 15) is 4.79 Å². The van der Waals surface area contributed by atoms with Crippen molar-refractivity contribution in [3.63, 3.8) is 0 Å². The lowest BCUT2D eigenvalue weighted by Crippen LogP contribution is -2.37. The Morgan fingerprint density at radius 2 is 1.96 bits per heavy atom. The number of benzene rings is 2. The standard InChI is InChI=1S/C21H20N2O2S/c1-4-25-20(24)18-14(3)22-21-23(19(18)15-8-6-5-7-9-15)16-11-10-13(2)12-17(16)26-21/h5-12,19H,4H2,1-3H3/t19-/m0/s1. The zero-order valence-electron chi connectivity index (χ0n) is 15.0. The van der Waals surface area contributed by atoms with E-state index in [4.69, 9.17) is 9.73 Å². The molecule has 0 radical (unpaired) electrons. The highest BCUT2D eigenvalue weighted by Gasteiger charge is 2.41. The minimum absolute atomic E-state index is 0.237. The van der Waals surface area contributed by atoms with Crippen molar-refractivity contribution < 1.29 is 9.53 Å². The van der Waals surface area contributed by atoms with Crippen LogP contribution in [0.1, 0.15) is 31.0 Å². The molecule has 132 valence electrons. The molecule has 0 amide bonds. The van der Waals surface area contributed by atoms with E-state index in [1.54, 1.807) is 11.8 Å². The van der Waals surface area contributed by atoms with Crippen molar-refractivity contribution in [3.05, 3.63) is 70.9 Å². The third-order valence-corrected chi connectivity index (χ3v) is 5.60. The highest BCUT2D eigenvalue weighted by molar-refractivity contribution is 8.14. The van der Waals surface area contributed by atoms with Crippen molar-refractivity contribution in [3.8, 4) is 0 Å². The lowest BCUT2D eigenvalue weighted by Gasteiger charge is -2.34. The molecule has 2 heterocycles. The fourth-order valence-corrected chi connectivity index (χ4v) is 4.63. The second-order valence-electron chi connectivity index (χ2n) is 6.37. The van der Waals surface area contributed by atoms with E-state index in [0.717, 1.165) is 22.1 Å². The molecular weight excluding hydrogens is 344 g/mol. The number of hydrogen-bond donors (Lipinski definition) is 0. The van der Waals surface area contributed by atoms with Gasteiger partial charge in [-0.15, -0.1) is 0 Å². The van der Waals surface area contributed by atoms with Gasteiger partial charge in [-0.25, -0.2) is 9.79 Å². The van der Waals surface area contributed by atoms with Crippen LogP contribution in [0.5, 0.6) is 0 Å². The van der Waals surface area contributed by atoms with Gasteiger partial charge in [0.15, 0.2) is 5.17 Å². The Labute approximate surface area is 157 Å². The fraction of sp³-hybridized carbons (Fsp3) is 0.238. The molecule has 0 unspecified atom stereocenters. The summed E-state index contributed by atoms with van der Waals surface area (Å²) in [6.45, 7) is 6.15. The summed E-state index contributed by atoms with van der Waals surface area (Å²) in [7, 11) is 0. The number of nitrogens with zero attached hydrogens (tertiary/aromatic N) is 2. The number of amidine groups is 1. The third-order valence-electron chi connectivity index (χ3n) is 4.58. The quantitative estimate of drug-likeness (QED) is 0.730. The number of ether oxygens (including phenoxy) is 1. The van der Waals surface area contributed by atoms with Gasteiger partial charge in [-0.3, -0.25) is 0 Å². The second-order valence-corrected chi connectivity index (χ2v) is 7.38. The molecule has 2 aliphatic rings. The smallest absolute Gasteiger partial charge is 0.338 e. The monoisotopic (exact) mass is 364 g/mol. The van der Waals surface area contributed by atoms with E-state index in [0.29, 0.717) is 12.2 Å². The molecule has 5 heteroatoms. The number of allylic oxidation sites excluding steroid dienone is 1. The maximum Gasteiger partial charge on any atom is 0.338 e. The molecule has 0 aliphatic carbocycles. The Kier molecular flexibility index (Phi) is 4.32. The number of aryl methyl sites for hydroxylation is 1. The van der Waals surface area contributed by atoms with E-state index in [1.165, 1.54) is 10.5 Å². The number of carbonyl (C=O) groups is 1. The molecule has 4 nitrogen and oxygen atoms in total. The average Bonchev–Trinajstić information content (AvgIpc) is 2.98. The highest BCUT2D eigenvalue weighted by atomic mass is 32.2. The molecule has 0 aromatic heterocycles. The molecule has 0 spiro atoms. The van der Waals surface area contributed by atoms with Crippen molar-refractivity contribution >= 4 is 28.6 Å². The van der Waals surface area contributed by atoms with Crippen molar-refractivity contribution in [2.24, 2.45) is 4.99 Å². The van der Waals surface area contributed by atoms with Crippen molar-refractivity contribution in [1.82, 2.24) is 0 Å². The first-order valence-corrected chi connectivity index (χ1v) is 9.51. The van der Waals surface area contributed by atoms with Gasteiger partial charge in [-0.1, -0.05) is 36.4 Å². The number of rotatable bonds is 3. The van der Waals surface area contributed by atoms with Gasteiger partial charge in [0.05, 0.1) is 29.6 Å². The fourth-order valence-electron chi connectivity index (χ4n) is 3.43. The molecule has 26 heavy (non-hydrogen) atoms. The normalized spacial score (nSPS) is 18.3. The maximum absolute atomic E-state index is 12.8. The van der Waals surface area contributed by atoms with Crippen LogP contribution >= 0.6 is 11.8 Å². The Morgan fingerprint density at radius 1 is 1.19 bits per heavy atom. The Morgan fingerprint density at radius 3 is 2.69 bits per heavy atom. The maximum atomic E-state index is 12.8. The van der Waals surface area contributed by atoms with Gasteiger partial charge < -0.3 is 9.64 Å². The minimum Gasteiger partial charge on any atom is -0.463 e. The number of aliphatic imine (C=N–C) groups is 1. The molecule has 1 atom stereocenters. The van der Waals surface area contributed by atoms with Crippen LogP contribution in [-0.2, 0) is 9.53 Å². The van der Waals surface area contributed by atoms with Crippen LogP contribution in [0.4, 0.5) is 5.69 Å². The first-order valence-electron chi connectivity index (χ1n) is 8.69. The van der Waals surface area contributed by atoms with Crippen LogP contribution in [0.3, 0.4) is 0 Å². The molecule has 4 rings (SSSR count). The lowest BCUT2D eigenvalue weighted by molar-refractivity contribution is -0.138. The van der Waals surface area contributed by atoms with Gasteiger partial charge >= 0.3 is 5.97 Å². The Hall–Kier alpha value is -2.53. The molecule has 0 saturated carbocycles. The van der Waals surface area contributed by atoms with Crippen LogP contribution < -0.4 is 4.90 Å². The third kappa shape index (κ3) is 2.72. The summed E-state index contributed by atoms with van der Waals surface area (Å²) in [5, 5.41) is 0.907. The van der Waals surface area contributed by atoms with Gasteiger partial charge in [0, 0.05) is 4.90 Å². The van der Waals surface area contributed by atoms with Gasteiger partial charge in [0.25, 0.3) is 0 Å². The second kappa shape index (κ2) is 6.65. The zero-order valence-corrected chi connectivity index (χ0v) is 15.8. The molecule has 0 saturated heterocycles. The van der Waals surface area contributed by atoms with Crippen LogP contribution in [0, 0.1) is 6.92 Å². The molecule has 2 aromatic rings. The van der Waals surface area contributed by atoms with Crippen LogP contribution in [0.2, 0.25) is 0 Å². The summed E-state index contributed by atoms with van der Waals surface area (Å²) in [6.07, 6.45) is 0. The molecule has 0 bridgehead atoms. The summed E-state index contributed by atoms with van der Waals surface area (Å²) in [5.74, 6) is -0.299. The summed E-state index contributed by atoms with van der Waals surface area (Å²) < 4.78 is 5.36. The number of anilines is 1. The van der Waals surface area contributed by atoms with Gasteiger partial charge in [-0.05, 0) is 55.8 Å². The minimum atomic E-state index is -0.299. The molecule has 2 aromatic carbocycles. The number of carbonyl (C=O) groups excluding carboxylic acids is 1. The number of fused-ring (bicyclic) bond motifs is 3. The zero-order chi connectivity index (χ0) is 18.3. The summed E-state index contributed by atoms with van der Waals surface area (Å²) in [5.41, 5.74) is 4.68. The number of hydrogen-bond acceptors (Lipinski definition) is 5. The van der Waals surface area contributed by atoms with Gasteiger partial charge in [-0.2, -0.15) is 0 Å². The predicted octanol–water partition coefficient (Wildman–Crippen LogP) is 4.86. The topological polar surface area (TPSA) is 41.9 Å². The van der Waals surface area contributed by atoms with E-state index in [-0.39, 0.29) is 12.0 Å². The van der Waals surface area contributed by atoms with Gasteiger partial charge in [0.1, 0.15) is 0 Å². The molecule has 2 aliphatic heterocycles. The Balaban J connectivity index is 1.90. The first kappa shape index (κ1) is 16.9. The SMILES string of the molecule is CCOC(=O)C1=C(C)N=C2Sc3cc(C)ccc3N2[C@H]1c1ccccc1. The first-order chi connectivity index (χ1) is 12.6. The summed E-state index contributed by atoms with van der Waals surface area (Å²) >= 11 is 1.65.